The average Bonchev–Trinajstić information content (AvgIpc) is 2.95. The molecule has 1 heterocycles. The first-order valence-corrected chi connectivity index (χ1v) is 10.7. The van der Waals surface area contributed by atoms with Crippen molar-refractivity contribution in [3.63, 3.8) is 0 Å². The van der Waals surface area contributed by atoms with Crippen LogP contribution < -0.4 is 9.47 Å². The summed E-state index contributed by atoms with van der Waals surface area (Å²) in [6.07, 6.45) is 1.80. The second-order valence-electron chi connectivity index (χ2n) is 6.51. The summed E-state index contributed by atoms with van der Waals surface area (Å²) in [5.41, 5.74) is 2.69. The third kappa shape index (κ3) is 4.27. The number of halogens is 1. The highest BCUT2D eigenvalue weighted by Crippen LogP contribution is 2.36. The highest BCUT2D eigenvalue weighted by molar-refractivity contribution is 14.1. The molecule has 1 saturated heterocycles. The van der Waals surface area contributed by atoms with E-state index in [4.69, 9.17) is 21.7 Å². The molecular formula is C22H20IN3O3S. The third-order valence-corrected chi connectivity index (χ3v) is 6.02. The van der Waals surface area contributed by atoms with E-state index >= 15 is 0 Å². The molecule has 0 radical (unpaired) electrons. The lowest BCUT2D eigenvalue weighted by atomic mass is 10.1. The molecule has 0 aromatic heterocycles. The van der Waals surface area contributed by atoms with Crippen LogP contribution in [0.3, 0.4) is 0 Å². The van der Waals surface area contributed by atoms with Crippen LogP contribution in [-0.4, -0.2) is 41.5 Å². The number of ether oxygens (including phenoxy) is 2. The van der Waals surface area contributed by atoms with Crippen molar-refractivity contribution in [2.24, 2.45) is 0 Å². The van der Waals surface area contributed by atoms with Crippen molar-refractivity contribution in [2.45, 2.75) is 13.5 Å². The molecule has 1 aliphatic heterocycles. The van der Waals surface area contributed by atoms with Crippen LogP contribution in [-0.2, 0) is 11.4 Å². The van der Waals surface area contributed by atoms with Gasteiger partial charge in [0.1, 0.15) is 12.3 Å². The summed E-state index contributed by atoms with van der Waals surface area (Å²) in [5.74, 6) is 1.02. The zero-order valence-corrected chi connectivity index (χ0v) is 19.8. The third-order valence-electron chi connectivity index (χ3n) is 4.72. The predicted molar refractivity (Wildman–Crippen MR) is 127 cm³/mol. The van der Waals surface area contributed by atoms with E-state index < -0.39 is 0 Å². The van der Waals surface area contributed by atoms with Crippen molar-refractivity contribution in [2.75, 3.05) is 20.7 Å². The van der Waals surface area contributed by atoms with Gasteiger partial charge in [-0.15, -0.1) is 0 Å². The van der Waals surface area contributed by atoms with E-state index in [9.17, 15) is 10.1 Å². The molecule has 0 atom stereocenters. The maximum absolute atomic E-state index is 12.6. The van der Waals surface area contributed by atoms with Crippen molar-refractivity contribution in [3.05, 3.63) is 62.4 Å². The quantitative estimate of drug-likeness (QED) is 0.316. The normalized spacial score (nSPS) is 15.0. The summed E-state index contributed by atoms with van der Waals surface area (Å²) in [5, 5.41) is 9.75. The summed E-state index contributed by atoms with van der Waals surface area (Å²) in [4.78, 5) is 15.9. The number of carbonyl (C=O) groups excluding carboxylic acids is 1. The molecule has 3 rings (SSSR count). The van der Waals surface area contributed by atoms with E-state index in [0.29, 0.717) is 34.4 Å². The van der Waals surface area contributed by atoms with Crippen LogP contribution in [0.25, 0.3) is 6.08 Å². The van der Waals surface area contributed by atoms with Gasteiger partial charge in [0.15, 0.2) is 16.6 Å². The summed E-state index contributed by atoms with van der Waals surface area (Å²) < 4.78 is 12.4. The van der Waals surface area contributed by atoms with Crippen molar-refractivity contribution in [3.8, 4) is 17.6 Å². The van der Waals surface area contributed by atoms with Gasteiger partial charge >= 0.3 is 0 Å². The Labute approximate surface area is 194 Å². The van der Waals surface area contributed by atoms with Crippen LogP contribution in [0.2, 0.25) is 0 Å². The lowest BCUT2D eigenvalue weighted by molar-refractivity contribution is -0.122. The Hall–Kier alpha value is -2.64. The second kappa shape index (κ2) is 9.45. The number of hydrogen-bond donors (Lipinski definition) is 0. The summed E-state index contributed by atoms with van der Waals surface area (Å²) in [6, 6.07) is 13.2. The smallest absolute Gasteiger partial charge is 0.276 e. The van der Waals surface area contributed by atoms with Crippen molar-refractivity contribution >= 4 is 51.9 Å². The average molecular weight is 533 g/mol. The summed E-state index contributed by atoms with van der Waals surface area (Å²) >= 11 is 7.52. The van der Waals surface area contributed by atoms with Gasteiger partial charge in [-0.05, 0) is 71.6 Å². The number of hydrogen-bond acceptors (Lipinski definition) is 5. The van der Waals surface area contributed by atoms with E-state index in [0.717, 1.165) is 14.7 Å². The van der Waals surface area contributed by atoms with Crippen molar-refractivity contribution in [1.29, 1.82) is 5.26 Å². The van der Waals surface area contributed by atoms with Gasteiger partial charge in [-0.25, -0.2) is 0 Å². The number of nitriles is 1. The number of rotatable bonds is 6. The van der Waals surface area contributed by atoms with Crippen LogP contribution in [0.15, 0.2) is 42.1 Å². The number of nitrogens with zero attached hydrogens (tertiary/aromatic N) is 3. The van der Waals surface area contributed by atoms with Crippen molar-refractivity contribution in [1.82, 2.24) is 9.80 Å². The number of methoxy groups -OCH3 is 1. The fraction of sp³-hybridized carbons (Fsp3) is 0.227. The molecule has 8 heteroatoms. The minimum atomic E-state index is -0.118. The molecule has 1 aliphatic rings. The van der Waals surface area contributed by atoms with Crippen LogP contribution in [0.5, 0.6) is 11.5 Å². The Morgan fingerprint density at radius 2 is 2.03 bits per heavy atom. The first kappa shape index (κ1) is 22.1. The molecule has 0 bridgehead atoms. The molecule has 1 fully saturated rings. The Kier molecular flexibility index (Phi) is 6.95. The van der Waals surface area contributed by atoms with Crippen LogP contribution in [0.1, 0.15) is 23.6 Å². The molecule has 0 aliphatic carbocycles. The van der Waals surface area contributed by atoms with Gasteiger partial charge in [-0.2, -0.15) is 5.26 Å². The van der Waals surface area contributed by atoms with Gasteiger partial charge in [0.05, 0.1) is 22.3 Å². The van der Waals surface area contributed by atoms with Gasteiger partial charge in [-0.3, -0.25) is 9.69 Å². The van der Waals surface area contributed by atoms with Crippen LogP contribution in [0.4, 0.5) is 0 Å². The van der Waals surface area contributed by atoms with E-state index in [2.05, 4.69) is 28.7 Å². The topological polar surface area (TPSA) is 65.8 Å². The van der Waals surface area contributed by atoms with Gasteiger partial charge in [0.2, 0.25) is 0 Å². The Balaban J connectivity index is 1.90. The summed E-state index contributed by atoms with van der Waals surface area (Å²) in [7, 11) is 3.35. The Morgan fingerprint density at radius 1 is 1.30 bits per heavy atom. The largest absolute Gasteiger partial charge is 0.493 e. The van der Waals surface area contributed by atoms with E-state index in [1.807, 2.05) is 37.3 Å². The standard InChI is InChI=1S/C22H20IN3O3S/c1-4-26-21(27)18(25(2)22(26)30)10-14-9-17(23)20(19(11-14)28-3)29-13-16-8-6-5-7-15(16)12-24/h5-11H,4,13H2,1-3H3. The highest BCUT2D eigenvalue weighted by Gasteiger charge is 2.34. The monoisotopic (exact) mass is 533 g/mol. The predicted octanol–water partition coefficient (Wildman–Crippen LogP) is 4.17. The zero-order valence-electron chi connectivity index (χ0n) is 16.8. The maximum Gasteiger partial charge on any atom is 0.276 e. The van der Waals surface area contributed by atoms with Gasteiger partial charge in [0, 0.05) is 19.2 Å². The molecule has 2 aromatic carbocycles. The zero-order chi connectivity index (χ0) is 21.8. The molecule has 6 nitrogen and oxygen atoms in total. The Bertz CT molecular complexity index is 1080. The van der Waals surface area contributed by atoms with E-state index in [1.54, 1.807) is 36.1 Å². The number of amides is 1. The lowest BCUT2D eigenvalue weighted by Gasteiger charge is -2.15. The van der Waals surface area contributed by atoms with Crippen LogP contribution in [0, 0.1) is 14.9 Å². The first-order chi connectivity index (χ1) is 14.4. The minimum absolute atomic E-state index is 0.118. The molecular weight excluding hydrogens is 513 g/mol. The van der Waals surface area contributed by atoms with Gasteiger partial charge in [-0.1, -0.05) is 18.2 Å². The van der Waals surface area contributed by atoms with Crippen LogP contribution >= 0.6 is 34.8 Å². The first-order valence-electron chi connectivity index (χ1n) is 9.20. The van der Waals surface area contributed by atoms with Crippen molar-refractivity contribution < 1.29 is 14.3 Å². The Morgan fingerprint density at radius 3 is 2.67 bits per heavy atom. The number of thiocarbonyl (C=S) groups is 1. The molecule has 2 aromatic rings. The number of carbonyl (C=O) groups is 1. The maximum atomic E-state index is 12.6. The number of likely N-dealkylation sites (N-methyl/N-ethyl adjacent to an activating group) is 2. The lowest BCUT2D eigenvalue weighted by Crippen LogP contribution is -2.30. The second-order valence-corrected chi connectivity index (χ2v) is 8.04. The fourth-order valence-corrected chi connectivity index (χ4v) is 4.21. The van der Waals surface area contributed by atoms with E-state index in [-0.39, 0.29) is 12.5 Å². The molecule has 0 unspecified atom stereocenters. The highest BCUT2D eigenvalue weighted by atomic mass is 127. The fourth-order valence-electron chi connectivity index (χ4n) is 3.12. The molecule has 0 N–H and O–H groups in total. The SMILES string of the molecule is CCN1C(=O)C(=Cc2cc(I)c(OCc3ccccc3C#N)c(OC)c2)N(C)C1=S. The molecule has 1 amide bonds. The molecule has 154 valence electrons. The van der Waals surface area contributed by atoms with Gasteiger partial charge < -0.3 is 14.4 Å². The molecule has 0 saturated carbocycles. The molecule has 30 heavy (non-hydrogen) atoms. The van der Waals surface area contributed by atoms with E-state index in [1.165, 1.54) is 0 Å². The van der Waals surface area contributed by atoms with Gasteiger partial charge in [0.25, 0.3) is 5.91 Å². The molecule has 0 spiro atoms. The number of benzene rings is 2. The summed E-state index contributed by atoms with van der Waals surface area (Å²) in [6.45, 7) is 2.66. The minimum Gasteiger partial charge on any atom is -0.493 e.